The number of phenolic OH excluding ortho intramolecular Hbond substituents is 1. The number of benzene rings is 1. The van der Waals surface area contributed by atoms with Crippen molar-refractivity contribution in [2.75, 3.05) is 5.32 Å². The molecule has 13 heavy (non-hydrogen) atoms. The predicted molar refractivity (Wildman–Crippen MR) is 55.7 cm³/mol. The van der Waals surface area contributed by atoms with E-state index in [1.54, 1.807) is 18.2 Å². The lowest BCUT2D eigenvalue weighted by molar-refractivity contribution is 0.477. The monoisotopic (exact) mass is 175 g/mol. The average Bonchev–Trinajstić information content (AvgIpc) is 2.08. The van der Waals surface area contributed by atoms with Gasteiger partial charge in [0.1, 0.15) is 5.75 Å². The zero-order valence-electron chi connectivity index (χ0n) is 7.67. The first-order valence-corrected chi connectivity index (χ1v) is 4.01. The summed E-state index contributed by atoms with van der Waals surface area (Å²) in [4.78, 5) is 0. The van der Waals surface area contributed by atoms with Crippen LogP contribution in [0.25, 0.3) is 0 Å². The molecule has 0 fully saturated rings. The number of rotatable bonds is 3. The molecule has 0 unspecified atom stereocenters. The SMILES string of the molecule is C=C(C)C(=C)Nc1ccccc1O. The first-order chi connectivity index (χ1) is 6.11. The van der Waals surface area contributed by atoms with E-state index in [0.29, 0.717) is 11.4 Å². The molecule has 2 heteroatoms. The Balaban J connectivity index is 2.81. The average molecular weight is 175 g/mol. The van der Waals surface area contributed by atoms with Gasteiger partial charge in [-0.3, -0.25) is 0 Å². The quantitative estimate of drug-likeness (QED) is 0.547. The molecule has 68 valence electrons. The van der Waals surface area contributed by atoms with E-state index in [0.717, 1.165) is 5.57 Å². The molecule has 0 aromatic heterocycles. The Morgan fingerprint density at radius 3 is 2.46 bits per heavy atom. The highest BCUT2D eigenvalue weighted by Gasteiger charge is 2.00. The molecule has 0 amide bonds. The lowest BCUT2D eigenvalue weighted by atomic mass is 10.2. The van der Waals surface area contributed by atoms with Crippen LogP contribution < -0.4 is 5.32 Å². The molecule has 1 aromatic rings. The van der Waals surface area contributed by atoms with Crippen molar-refractivity contribution in [2.45, 2.75) is 6.92 Å². The van der Waals surface area contributed by atoms with Crippen LogP contribution in [0.4, 0.5) is 5.69 Å². The molecule has 1 aromatic carbocycles. The second-order valence-electron chi connectivity index (χ2n) is 2.90. The molecule has 0 aliphatic rings. The lowest BCUT2D eigenvalue weighted by Crippen LogP contribution is -1.98. The van der Waals surface area contributed by atoms with Crippen molar-refractivity contribution in [1.29, 1.82) is 0 Å². The molecule has 0 spiro atoms. The summed E-state index contributed by atoms with van der Waals surface area (Å²) in [6, 6.07) is 7.01. The van der Waals surface area contributed by atoms with Crippen molar-refractivity contribution in [2.24, 2.45) is 0 Å². The molecule has 1 rings (SSSR count). The molecule has 0 saturated carbocycles. The molecule has 0 bridgehead atoms. The first kappa shape index (κ1) is 9.39. The van der Waals surface area contributed by atoms with Crippen LogP contribution in [0.15, 0.2) is 48.7 Å². The number of nitrogens with one attached hydrogen (secondary N) is 1. The van der Waals surface area contributed by atoms with Gasteiger partial charge in [0.2, 0.25) is 0 Å². The molecule has 2 N–H and O–H groups in total. The van der Waals surface area contributed by atoms with Crippen molar-refractivity contribution in [3.8, 4) is 5.75 Å². The number of para-hydroxylation sites is 2. The summed E-state index contributed by atoms with van der Waals surface area (Å²) in [6.45, 7) is 9.36. The first-order valence-electron chi connectivity index (χ1n) is 4.01. The highest BCUT2D eigenvalue weighted by molar-refractivity contribution is 5.60. The maximum atomic E-state index is 9.41. The predicted octanol–water partition coefficient (Wildman–Crippen LogP) is 2.89. The Morgan fingerprint density at radius 1 is 1.31 bits per heavy atom. The molecule has 0 atom stereocenters. The Morgan fingerprint density at radius 2 is 1.92 bits per heavy atom. The lowest BCUT2D eigenvalue weighted by Gasteiger charge is -2.09. The second kappa shape index (κ2) is 3.81. The van der Waals surface area contributed by atoms with Gasteiger partial charge in [-0.15, -0.1) is 0 Å². The van der Waals surface area contributed by atoms with Crippen molar-refractivity contribution in [3.05, 3.63) is 48.7 Å². The van der Waals surface area contributed by atoms with Gasteiger partial charge in [-0.05, 0) is 24.6 Å². The third-order valence-corrected chi connectivity index (χ3v) is 1.70. The third-order valence-electron chi connectivity index (χ3n) is 1.70. The summed E-state index contributed by atoms with van der Waals surface area (Å²) < 4.78 is 0. The van der Waals surface area contributed by atoms with Crippen LogP contribution in [-0.4, -0.2) is 5.11 Å². The fraction of sp³-hybridized carbons (Fsp3) is 0.0909. The van der Waals surface area contributed by atoms with E-state index >= 15 is 0 Å². The molecular formula is C11H13NO. The maximum Gasteiger partial charge on any atom is 0.139 e. The zero-order valence-corrected chi connectivity index (χ0v) is 7.67. The third kappa shape index (κ3) is 2.37. The van der Waals surface area contributed by atoms with E-state index in [2.05, 4.69) is 18.5 Å². The van der Waals surface area contributed by atoms with Crippen molar-refractivity contribution < 1.29 is 5.11 Å². The maximum absolute atomic E-state index is 9.41. The Kier molecular flexibility index (Phi) is 2.75. The minimum atomic E-state index is 0.213. The summed E-state index contributed by atoms with van der Waals surface area (Å²) in [6.07, 6.45) is 0. The van der Waals surface area contributed by atoms with Crippen LogP contribution in [0.5, 0.6) is 5.75 Å². The van der Waals surface area contributed by atoms with E-state index in [9.17, 15) is 5.11 Å². The van der Waals surface area contributed by atoms with Gasteiger partial charge in [-0.2, -0.15) is 0 Å². The molecule has 0 saturated heterocycles. The summed E-state index contributed by atoms with van der Waals surface area (Å²) in [5.41, 5.74) is 2.21. The van der Waals surface area contributed by atoms with Crippen molar-refractivity contribution in [1.82, 2.24) is 0 Å². The van der Waals surface area contributed by atoms with Crippen LogP contribution in [0.1, 0.15) is 6.92 Å². The molecule has 0 aliphatic heterocycles. The fourth-order valence-electron chi connectivity index (χ4n) is 0.849. The minimum absolute atomic E-state index is 0.213. The van der Waals surface area contributed by atoms with Gasteiger partial charge in [0, 0.05) is 5.70 Å². The number of hydrogen-bond acceptors (Lipinski definition) is 2. The molecular weight excluding hydrogens is 162 g/mol. The summed E-state index contributed by atoms with van der Waals surface area (Å²) >= 11 is 0. The fourth-order valence-corrected chi connectivity index (χ4v) is 0.849. The molecule has 0 heterocycles. The summed E-state index contributed by atoms with van der Waals surface area (Å²) in [7, 11) is 0. The van der Waals surface area contributed by atoms with Crippen molar-refractivity contribution in [3.63, 3.8) is 0 Å². The number of aromatic hydroxyl groups is 1. The van der Waals surface area contributed by atoms with Gasteiger partial charge in [-0.25, -0.2) is 0 Å². The molecule has 0 aliphatic carbocycles. The van der Waals surface area contributed by atoms with Crippen LogP contribution >= 0.6 is 0 Å². The van der Waals surface area contributed by atoms with Crippen LogP contribution in [0.3, 0.4) is 0 Å². The van der Waals surface area contributed by atoms with Gasteiger partial charge in [0.25, 0.3) is 0 Å². The largest absolute Gasteiger partial charge is 0.506 e. The summed E-state index contributed by atoms with van der Waals surface area (Å²) in [5, 5.41) is 12.4. The smallest absolute Gasteiger partial charge is 0.139 e. The summed E-state index contributed by atoms with van der Waals surface area (Å²) in [5.74, 6) is 0.213. The van der Waals surface area contributed by atoms with Crippen molar-refractivity contribution >= 4 is 5.69 Å². The van der Waals surface area contributed by atoms with Gasteiger partial charge < -0.3 is 10.4 Å². The highest BCUT2D eigenvalue weighted by Crippen LogP contribution is 2.23. The van der Waals surface area contributed by atoms with E-state index in [1.807, 2.05) is 13.0 Å². The number of hydrogen-bond donors (Lipinski definition) is 2. The van der Waals surface area contributed by atoms with Crippen LogP contribution in [0.2, 0.25) is 0 Å². The Bertz CT molecular complexity index is 342. The normalized spacial score (nSPS) is 9.31. The van der Waals surface area contributed by atoms with Crippen LogP contribution in [0, 0.1) is 0 Å². The highest BCUT2D eigenvalue weighted by atomic mass is 16.3. The Hall–Kier alpha value is -1.70. The molecule has 0 radical (unpaired) electrons. The van der Waals surface area contributed by atoms with E-state index < -0.39 is 0 Å². The van der Waals surface area contributed by atoms with E-state index in [4.69, 9.17) is 0 Å². The topological polar surface area (TPSA) is 32.3 Å². The second-order valence-corrected chi connectivity index (χ2v) is 2.90. The van der Waals surface area contributed by atoms with E-state index in [1.165, 1.54) is 0 Å². The molecule has 2 nitrogen and oxygen atoms in total. The number of anilines is 1. The van der Waals surface area contributed by atoms with Gasteiger partial charge in [0.05, 0.1) is 5.69 Å². The number of allylic oxidation sites excluding steroid dienone is 1. The van der Waals surface area contributed by atoms with E-state index in [-0.39, 0.29) is 5.75 Å². The minimum Gasteiger partial charge on any atom is -0.506 e. The van der Waals surface area contributed by atoms with Gasteiger partial charge in [-0.1, -0.05) is 25.3 Å². The number of phenols is 1. The van der Waals surface area contributed by atoms with Gasteiger partial charge in [0.15, 0.2) is 0 Å². The Labute approximate surface area is 78.2 Å². The standard InChI is InChI=1S/C11H13NO/c1-8(2)9(3)12-10-6-4-5-7-11(10)13/h4-7,12-13H,1,3H2,2H3. The zero-order chi connectivity index (χ0) is 9.84. The van der Waals surface area contributed by atoms with Crippen LogP contribution in [-0.2, 0) is 0 Å². The van der Waals surface area contributed by atoms with Gasteiger partial charge >= 0.3 is 0 Å².